The van der Waals surface area contributed by atoms with E-state index in [-0.39, 0.29) is 18.1 Å². The topological polar surface area (TPSA) is 54.9 Å². The summed E-state index contributed by atoms with van der Waals surface area (Å²) in [6.45, 7) is 10.8. The molecule has 1 fully saturated rings. The van der Waals surface area contributed by atoms with Gasteiger partial charge in [-0.1, -0.05) is 20.8 Å². The van der Waals surface area contributed by atoms with Gasteiger partial charge in [0.05, 0.1) is 12.2 Å². The van der Waals surface area contributed by atoms with E-state index in [1.54, 1.807) is 23.5 Å². The normalized spacial score (nSPS) is 17.4. The Hall–Kier alpha value is -2.12. The standard InChI is InChI=1S/C20H25N3O3S/c1-20(2,3)17-12-27-18(21-17)11-22-6-8-23(9-7-22)19(24)14-4-5-15-16(10-14)26-13-25-15/h4-5,10,12H,6-9,11,13H2,1-3H3. The SMILES string of the molecule is CC(C)(C)c1csc(CN2CCN(C(=O)c3ccc4c(c3)OCO4)CC2)n1. The molecule has 144 valence electrons. The minimum absolute atomic E-state index is 0.0530. The number of rotatable bonds is 3. The minimum Gasteiger partial charge on any atom is -0.454 e. The number of nitrogens with zero attached hydrogens (tertiary/aromatic N) is 3. The molecule has 1 aromatic heterocycles. The monoisotopic (exact) mass is 387 g/mol. The molecule has 0 saturated carbocycles. The lowest BCUT2D eigenvalue weighted by Gasteiger charge is -2.34. The van der Waals surface area contributed by atoms with E-state index < -0.39 is 0 Å². The van der Waals surface area contributed by atoms with Crippen LogP contribution in [-0.2, 0) is 12.0 Å². The van der Waals surface area contributed by atoms with Gasteiger partial charge in [-0.15, -0.1) is 11.3 Å². The number of thiazole rings is 1. The molecule has 6 nitrogen and oxygen atoms in total. The van der Waals surface area contributed by atoms with Crippen molar-refractivity contribution in [3.05, 3.63) is 39.8 Å². The summed E-state index contributed by atoms with van der Waals surface area (Å²) in [5.41, 5.74) is 1.89. The van der Waals surface area contributed by atoms with Crippen LogP contribution < -0.4 is 9.47 Å². The van der Waals surface area contributed by atoms with Crippen molar-refractivity contribution >= 4 is 17.2 Å². The lowest BCUT2D eigenvalue weighted by molar-refractivity contribution is 0.0628. The van der Waals surface area contributed by atoms with Crippen LogP contribution in [0.25, 0.3) is 0 Å². The van der Waals surface area contributed by atoms with E-state index in [0.717, 1.165) is 43.4 Å². The fraction of sp³-hybridized carbons (Fsp3) is 0.500. The predicted octanol–water partition coefficient (Wildman–Crippen LogP) is 3.13. The lowest BCUT2D eigenvalue weighted by atomic mass is 9.93. The summed E-state index contributed by atoms with van der Waals surface area (Å²) in [6.07, 6.45) is 0. The third-order valence-electron chi connectivity index (χ3n) is 4.96. The van der Waals surface area contributed by atoms with Crippen molar-refractivity contribution < 1.29 is 14.3 Å². The molecule has 2 aliphatic rings. The number of carbonyl (C=O) groups excluding carboxylic acids is 1. The van der Waals surface area contributed by atoms with E-state index in [2.05, 4.69) is 31.1 Å². The molecule has 4 rings (SSSR count). The van der Waals surface area contributed by atoms with Gasteiger partial charge in [-0.25, -0.2) is 4.98 Å². The smallest absolute Gasteiger partial charge is 0.254 e. The van der Waals surface area contributed by atoms with Crippen LogP contribution in [0.3, 0.4) is 0 Å². The summed E-state index contributed by atoms with van der Waals surface area (Å²) in [5, 5.41) is 3.31. The first-order chi connectivity index (χ1) is 12.9. The molecular weight excluding hydrogens is 362 g/mol. The van der Waals surface area contributed by atoms with Gasteiger partial charge >= 0.3 is 0 Å². The maximum atomic E-state index is 12.8. The molecule has 1 aromatic carbocycles. The van der Waals surface area contributed by atoms with Gasteiger partial charge < -0.3 is 14.4 Å². The quantitative estimate of drug-likeness (QED) is 0.810. The predicted molar refractivity (Wildman–Crippen MR) is 105 cm³/mol. The van der Waals surface area contributed by atoms with Crippen molar-refractivity contribution in [3.63, 3.8) is 0 Å². The van der Waals surface area contributed by atoms with Crippen molar-refractivity contribution in [2.45, 2.75) is 32.7 Å². The Labute approximate surface area is 163 Å². The number of hydrogen-bond donors (Lipinski definition) is 0. The minimum atomic E-state index is 0.0530. The van der Waals surface area contributed by atoms with Crippen LogP contribution in [0.4, 0.5) is 0 Å². The van der Waals surface area contributed by atoms with E-state index in [0.29, 0.717) is 17.1 Å². The largest absolute Gasteiger partial charge is 0.454 e. The summed E-state index contributed by atoms with van der Waals surface area (Å²) >= 11 is 1.73. The molecule has 1 amide bonds. The second-order valence-electron chi connectivity index (χ2n) is 8.01. The van der Waals surface area contributed by atoms with Crippen molar-refractivity contribution in [1.29, 1.82) is 0 Å². The molecule has 7 heteroatoms. The van der Waals surface area contributed by atoms with Gasteiger partial charge in [0.15, 0.2) is 11.5 Å². The number of hydrogen-bond acceptors (Lipinski definition) is 6. The number of ether oxygens (including phenoxy) is 2. The third-order valence-corrected chi connectivity index (χ3v) is 5.79. The summed E-state index contributed by atoms with van der Waals surface area (Å²) in [4.78, 5) is 21.8. The molecule has 3 heterocycles. The highest BCUT2D eigenvalue weighted by molar-refractivity contribution is 7.09. The highest BCUT2D eigenvalue weighted by Crippen LogP contribution is 2.33. The zero-order valence-electron chi connectivity index (χ0n) is 16.0. The number of benzene rings is 1. The Balaban J connectivity index is 1.33. The first-order valence-corrected chi connectivity index (χ1v) is 10.1. The lowest BCUT2D eigenvalue weighted by Crippen LogP contribution is -2.48. The van der Waals surface area contributed by atoms with E-state index in [1.165, 1.54) is 0 Å². The number of piperazine rings is 1. The van der Waals surface area contributed by atoms with Crippen LogP contribution >= 0.6 is 11.3 Å². The maximum absolute atomic E-state index is 12.8. The highest BCUT2D eigenvalue weighted by Gasteiger charge is 2.25. The van der Waals surface area contributed by atoms with Gasteiger partial charge in [0.2, 0.25) is 6.79 Å². The Morgan fingerprint density at radius 3 is 2.59 bits per heavy atom. The van der Waals surface area contributed by atoms with Crippen LogP contribution in [-0.4, -0.2) is 53.7 Å². The third kappa shape index (κ3) is 3.94. The fourth-order valence-corrected chi connectivity index (χ4v) is 4.30. The van der Waals surface area contributed by atoms with Gasteiger partial charge in [-0.05, 0) is 18.2 Å². The zero-order valence-corrected chi connectivity index (χ0v) is 16.8. The van der Waals surface area contributed by atoms with Crippen LogP contribution in [0, 0.1) is 0 Å². The average Bonchev–Trinajstić information content (AvgIpc) is 3.30. The number of amides is 1. The van der Waals surface area contributed by atoms with E-state index >= 15 is 0 Å². The molecule has 0 atom stereocenters. The van der Waals surface area contributed by atoms with E-state index in [4.69, 9.17) is 14.5 Å². The van der Waals surface area contributed by atoms with Crippen molar-refractivity contribution in [3.8, 4) is 11.5 Å². The van der Waals surface area contributed by atoms with Gasteiger partial charge in [0.25, 0.3) is 5.91 Å². The Kier molecular flexibility index (Phi) is 4.82. The molecular formula is C20H25N3O3S. The fourth-order valence-electron chi connectivity index (χ4n) is 3.24. The molecule has 0 N–H and O–H groups in total. The Morgan fingerprint density at radius 2 is 1.89 bits per heavy atom. The van der Waals surface area contributed by atoms with E-state index in [1.807, 2.05) is 11.0 Å². The van der Waals surface area contributed by atoms with Crippen LogP contribution in [0.15, 0.2) is 23.6 Å². The zero-order chi connectivity index (χ0) is 19.0. The van der Waals surface area contributed by atoms with Crippen molar-refractivity contribution in [2.24, 2.45) is 0 Å². The average molecular weight is 388 g/mol. The molecule has 2 aliphatic heterocycles. The summed E-state index contributed by atoms with van der Waals surface area (Å²) in [5.74, 6) is 1.41. The molecule has 0 bridgehead atoms. The molecule has 0 aliphatic carbocycles. The molecule has 0 radical (unpaired) electrons. The highest BCUT2D eigenvalue weighted by atomic mass is 32.1. The second-order valence-corrected chi connectivity index (χ2v) is 8.96. The van der Waals surface area contributed by atoms with Gasteiger partial charge in [0, 0.05) is 42.5 Å². The van der Waals surface area contributed by atoms with Gasteiger partial charge in [-0.2, -0.15) is 0 Å². The Bertz CT molecular complexity index is 835. The van der Waals surface area contributed by atoms with Crippen LogP contribution in [0.1, 0.15) is 41.8 Å². The summed E-state index contributed by atoms with van der Waals surface area (Å²) in [7, 11) is 0. The van der Waals surface area contributed by atoms with Crippen LogP contribution in [0.2, 0.25) is 0 Å². The van der Waals surface area contributed by atoms with E-state index in [9.17, 15) is 4.79 Å². The number of carbonyl (C=O) groups is 1. The van der Waals surface area contributed by atoms with Crippen molar-refractivity contribution in [1.82, 2.24) is 14.8 Å². The molecule has 1 saturated heterocycles. The van der Waals surface area contributed by atoms with Gasteiger partial charge in [0.1, 0.15) is 5.01 Å². The molecule has 27 heavy (non-hydrogen) atoms. The molecule has 0 spiro atoms. The van der Waals surface area contributed by atoms with Gasteiger partial charge in [-0.3, -0.25) is 9.69 Å². The first kappa shape index (κ1) is 18.3. The maximum Gasteiger partial charge on any atom is 0.254 e. The first-order valence-electron chi connectivity index (χ1n) is 9.26. The number of aromatic nitrogens is 1. The molecule has 0 unspecified atom stereocenters. The summed E-state index contributed by atoms with van der Waals surface area (Å²) < 4.78 is 10.7. The van der Waals surface area contributed by atoms with Crippen LogP contribution in [0.5, 0.6) is 11.5 Å². The molecule has 2 aromatic rings. The number of fused-ring (bicyclic) bond motifs is 1. The Morgan fingerprint density at radius 1 is 1.15 bits per heavy atom. The summed E-state index contributed by atoms with van der Waals surface area (Å²) in [6, 6.07) is 5.40. The second kappa shape index (κ2) is 7.13. The van der Waals surface area contributed by atoms with Crippen molar-refractivity contribution in [2.75, 3.05) is 33.0 Å².